The monoisotopic (exact) mass is 465 g/mol. The van der Waals surface area contributed by atoms with E-state index in [2.05, 4.69) is 5.32 Å². The number of ether oxygens (including phenoxy) is 3. The summed E-state index contributed by atoms with van der Waals surface area (Å²) in [6.45, 7) is 2.51. The summed E-state index contributed by atoms with van der Waals surface area (Å²) in [4.78, 5) is 23.9. The van der Waals surface area contributed by atoms with Crippen LogP contribution in [-0.4, -0.2) is 25.1 Å². The van der Waals surface area contributed by atoms with Gasteiger partial charge in [-0.15, -0.1) is 0 Å². The van der Waals surface area contributed by atoms with Crippen LogP contribution < -0.4 is 14.8 Å². The molecule has 3 rings (SSSR count). The number of halogens is 1. The Kier molecular flexibility index (Phi) is 8.91. The van der Waals surface area contributed by atoms with Gasteiger partial charge < -0.3 is 19.5 Å². The highest BCUT2D eigenvalue weighted by Crippen LogP contribution is 2.17. The van der Waals surface area contributed by atoms with E-state index in [1.54, 1.807) is 30.3 Å². The Morgan fingerprint density at radius 1 is 0.879 bits per heavy atom. The molecule has 0 heterocycles. The lowest BCUT2D eigenvalue weighted by molar-refractivity contribution is -0.142. The van der Waals surface area contributed by atoms with E-state index < -0.39 is 11.9 Å². The Balaban J connectivity index is 1.40. The topological polar surface area (TPSA) is 73.9 Å². The van der Waals surface area contributed by atoms with Crippen molar-refractivity contribution in [1.29, 1.82) is 0 Å². The molecule has 7 heteroatoms. The largest absolute Gasteiger partial charge is 0.494 e. The summed E-state index contributed by atoms with van der Waals surface area (Å²) in [5.74, 6) is 0.381. The van der Waals surface area contributed by atoms with Crippen LogP contribution in [0.3, 0.4) is 0 Å². The Morgan fingerprint density at radius 3 is 2.18 bits per heavy atom. The molecule has 0 unspecified atom stereocenters. The Labute approximate surface area is 197 Å². The number of hydrogen-bond donors (Lipinski definition) is 1. The van der Waals surface area contributed by atoms with Gasteiger partial charge in [-0.2, -0.15) is 0 Å². The first kappa shape index (κ1) is 23.9. The number of anilines is 1. The van der Waals surface area contributed by atoms with Crippen LogP contribution in [0.25, 0.3) is 6.08 Å². The fourth-order valence-corrected chi connectivity index (χ4v) is 2.90. The van der Waals surface area contributed by atoms with E-state index in [0.717, 1.165) is 11.1 Å². The number of esters is 1. The van der Waals surface area contributed by atoms with Gasteiger partial charge in [0.25, 0.3) is 5.91 Å². The third kappa shape index (κ3) is 8.35. The molecule has 170 valence electrons. The van der Waals surface area contributed by atoms with Gasteiger partial charge in [0.05, 0.1) is 6.61 Å². The van der Waals surface area contributed by atoms with E-state index >= 15 is 0 Å². The molecule has 1 N–H and O–H groups in total. The summed E-state index contributed by atoms with van der Waals surface area (Å²) in [7, 11) is 0. The van der Waals surface area contributed by atoms with Gasteiger partial charge in [0, 0.05) is 16.8 Å². The van der Waals surface area contributed by atoms with Gasteiger partial charge in [0.2, 0.25) is 0 Å². The number of rotatable bonds is 10. The Bertz CT molecular complexity index is 1080. The molecule has 0 fully saturated rings. The highest BCUT2D eigenvalue weighted by Gasteiger charge is 2.06. The molecule has 3 aromatic rings. The van der Waals surface area contributed by atoms with Crippen LogP contribution in [0.1, 0.15) is 18.1 Å². The molecule has 33 heavy (non-hydrogen) atoms. The highest BCUT2D eigenvalue weighted by molar-refractivity contribution is 6.30. The number of carbonyl (C=O) groups is 2. The molecule has 3 aromatic carbocycles. The molecule has 0 saturated carbocycles. The smallest absolute Gasteiger partial charge is 0.331 e. The standard InChI is InChI=1S/C26H24ClNO5/c1-2-31-23-14-10-22(11-15-23)28-25(29)18-33-26(30)16-7-19-5-12-24(13-6-19)32-17-20-3-8-21(27)9-4-20/h3-16H,2,17-18H2,1H3,(H,28,29)/b16-7+. The van der Waals surface area contributed by atoms with Gasteiger partial charge in [-0.25, -0.2) is 4.79 Å². The fourth-order valence-electron chi connectivity index (χ4n) is 2.77. The first-order valence-corrected chi connectivity index (χ1v) is 10.7. The molecule has 0 radical (unpaired) electrons. The molecule has 0 spiro atoms. The maximum absolute atomic E-state index is 12.0. The number of hydrogen-bond acceptors (Lipinski definition) is 5. The summed E-state index contributed by atoms with van der Waals surface area (Å²) in [5.41, 5.74) is 2.40. The summed E-state index contributed by atoms with van der Waals surface area (Å²) < 4.78 is 16.1. The second kappa shape index (κ2) is 12.3. The second-order valence-electron chi connectivity index (χ2n) is 6.93. The third-order valence-electron chi connectivity index (χ3n) is 4.41. The van der Waals surface area contributed by atoms with E-state index in [4.69, 9.17) is 25.8 Å². The molecule has 0 atom stereocenters. The van der Waals surface area contributed by atoms with Crippen molar-refractivity contribution in [3.8, 4) is 11.5 Å². The van der Waals surface area contributed by atoms with Gasteiger partial charge >= 0.3 is 5.97 Å². The minimum Gasteiger partial charge on any atom is -0.494 e. The average molecular weight is 466 g/mol. The zero-order valence-corrected chi connectivity index (χ0v) is 18.9. The maximum atomic E-state index is 12.0. The first-order chi connectivity index (χ1) is 16.0. The summed E-state index contributed by atoms with van der Waals surface area (Å²) >= 11 is 5.88. The number of carbonyl (C=O) groups excluding carboxylic acids is 2. The van der Waals surface area contributed by atoms with Gasteiger partial charge in [-0.05, 0) is 72.7 Å². The number of benzene rings is 3. The van der Waals surface area contributed by atoms with Crippen LogP contribution >= 0.6 is 11.6 Å². The van der Waals surface area contributed by atoms with Crippen molar-refractivity contribution in [1.82, 2.24) is 0 Å². The van der Waals surface area contributed by atoms with Crippen molar-refractivity contribution in [3.05, 3.63) is 95.0 Å². The maximum Gasteiger partial charge on any atom is 0.331 e. The second-order valence-corrected chi connectivity index (χ2v) is 7.37. The van der Waals surface area contributed by atoms with Crippen LogP contribution in [0.4, 0.5) is 5.69 Å². The molecule has 1 amide bonds. The predicted octanol–water partition coefficient (Wildman–Crippen LogP) is 5.51. The lowest BCUT2D eigenvalue weighted by Gasteiger charge is -2.07. The van der Waals surface area contributed by atoms with Crippen LogP contribution in [0, 0.1) is 0 Å². The van der Waals surface area contributed by atoms with Gasteiger partial charge in [0.1, 0.15) is 18.1 Å². The Morgan fingerprint density at radius 2 is 1.52 bits per heavy atom. The molecule has 6 nitrogen and oxygen atoms in total. The SMILES string of the molecule is CCOc1ccc(NC(=O)COC(=O)/C=C/c2ccc(OCc3ccc(Cl)cc3)cc2)cc1. The van der Waals surface area contributed by atoms with Gasteiger partial charge in [0.15, 0.2) is 6.61 Å². The van der Waals surface area contributed by atoms with Crippen LogP contribution in [0.5, 0.6) is 11.5 Å². The molecule has 0 aromatic heterocycles. The zero-order chi connectivity index (χ0) is 23.5. The van der Waals surface area contributed by atoms with Crippen molar-refractivity contribution in [2.75, 3.05) is 18.5 Å². The zero-order valence-electron chi connectivity index (χ0n) is 18.1. The van der Waals surface area contributed by atoms with E-state index in [9.17, 15) is 9.59 Å². The third-order valence-corrected chi connectivity index (χ3v) is 4.66. The van der Waals surface area contributed by atoms with Crippen LogP contribution in [0.15, 0.2) is 78.9 Å². The predicted molar refractivity (Wildman–Crippen MR) is 128 cm³/mol. The molecule has 0 aliphatic heterocycles. The van der Waals surface area contributed by atoms with E-state index in [-0.39, 0.29) is 6.61 Å². The van der Waals surface area contributed by atoms with Crippen molar-refractivity contribution < 1.29 is 23.8 Å². The fraction of sp³-hybridized carbons (Fsp3) is 0.154. The van der Waals surface area contributed by atoms with Gasteiger partial charge in [-0.3, -0.25) is 4.79 Å². The van der Waals surface area contributed by atoms with Crippen molar-refractivity contribution in [3.63, 3.8) is 0 Å². The lowest BCUT2D eigenvalue weighted by atomic mass is 10.2. The van der Waals surface area contributed by atoms with E-state index in [0.29, 0.717) is 35.4 Å². The summed E-state index contributed by atoms with van der Waals surface area (Å²) in [6, 6.07) is 21.6. The molecular formula is C26H24ClNO5. The average Bonchev–Trinajstić information content (AvgIpc) is 2.83. The molecule has 0 aliphatic rings. The van der Waals surface area contributed by atoms with Gasteiger partial charge in [-0.1, -0.05) is 35.9 Å². The molecule has 0 bridgehead atoms. The normalized spacial score (nSPS) is 10.6. The van der Waals surface area contributed by atoms with E-state index in [1.165, 1.54) is 6.08 Å². The quantitative estimate of drug-likeness (QED) is 0.315. The van der Waals surface area contributed by atoms with Crippen molar-refractivity contribution in [2.24, 2.45) is 0 Å². The minimum absolute atomic E-state index is 0.381. The highest BCUT2D eigenvalue weighted by atomic mass is 35.5. The van der Waals surface area contributed by atoms with Crippen LogP contribution in [0.2, 0.25) is 5.02 Å². The minimum atomic E-state index is -0.611. The lowest BCUT2D eigenvalue weighted by Crippen LogP contribution is -2.20. The molecule has 0 aliphatic carbocycles. The van der Waals surface area contributed by atoms with Crippen molar-refractivity contribution >= 4 is 35.2 Å². The summed E-state index contributed by atoms with van der Waals surface area (Å²) in [5, 5.41) is 3.34. The molecule has 0 saturated heterocycles. The Hall–Kier alpha value is -3.77. The first-order valence-electron chi connectivity index (χ1n) is 10.4. The number of amides is 1. The van der Waals surface area contributed by atoms with Crippen LogP contribution in [-0.2, 0) is 20.9 Å². The van der Waals surface area contributed by atoms with E-state index in [1.807, 2.05) is 55.5 Å². The molecular weight excluding hydrogens is 442 g/mol. The number of nitrogens with one attached hydrogen (secondary N) is 1. The summed E-state index contributed by atoms with van der Waals surface area (Å²) in [6.07, 6.45) is 2.88. The van der Waals surface area contributed by atoms with Crippen molar-refractivity contribution in [2.45, 2.75) is 13.5 Å².